The van der Waals surface area contributed by atoms with E-state index >= 15 is 0 Å². The van der Waals surface area contributed by atoms with Crippen LogP contribution < -0.4 is 0 Å². The molecular formula is C44H39N2O2+. The number of rotatable bonds is 9. The lowest BCUT2D eigenvalue weighted by molar-refractivity contribution is -0.870. The van der Waals surface area contributed by atoms with Gasteiger partial charge in [-0.05, 0) is 62.0 Å². The Bertz CT molecular complexity index is 2080. The molecule has 1 heterocycles. The van der Waals surface area contributed by atoms with Crippen molar-refractivity contribution in [1.82, 2.24) is 4.90 Å². The van der Waals surface area contributed by atoms with Gasteiger partial charge in [-0.3, -0.25) is 14.5 Å². The average Bonchev–Trinajstić information content (AvgIpc) is 3.11. The van der Waals surface area contributed by atoms with E-state index in [2.05, 4.69) is 118 Å². The number of imide groups is 1. The molecule has 4 heteroatoms. The Morgan fingerprint density at radius 2 is 0.958 bits per heavy atom. The number of amides is 2. The maximum atomic E-state index is 13.7. The zero-order chi connectivity index (χ0) is 33.3. The molecule has 2 amide bonds. The highest BCUT2D eigenvalue weighted by Crippen LogP contribution is 2.40. The van der Waals surface area contributed by atoms with Crippen molar-refractivity contribution in [2.45, 2.75) is 6.42 Å². The van der Waals surface area contributed by atoms with Gasteiger partial charge in [0.15, 0.2) is 0 Å². The molecule has 0 saturated carbocycles. The van der Waals surface area contributed by atoms with Crippen LogP contribution in [0.3, 0.4) is 0 Å². The summed E-state index contributed by atoms with van der Waals surface area (Å²) in [5, 5.41) is 1.66. The second-order valence-electron chi connectivity index (χ2n) is 13.4. The first-order valence-electron chi connectivity index (χ1n) is 16.5. The fourth-order valence-electron chi connectivity index (χ4n) is 6.85. The molecule has 48 heavy (non-hydrogen) atoms. The first-order valence-corrected chi connectivity index (χ1v) is 16.5. The van der Waals surface area contributed by atoms with Crippen LogP contribution in [0.4, 0.5) is 0 Å². The second kappa shape index (κ2) is 12.9. The van der Waals surface area contributed by atoms with Crippen molar-refractivity contribution in [2.24, 2.45) is 0 Å². The Balaban J connectivity index is 1.32. The SMILES string of the molecule is C[N+](C)(C)CCCN1C(=O)c2cccc3c(-c4ccc(C(=C(c5ccccc5)c5ccccc5)c5ccccc5)cc4)ccc(c23)C1=O. The minimum Gasteiger partial charge on any atom is -0.331 e. The lowest BCUT2D eigenvalue weighted by Gasteiger charge is -2.29. The predicted octanol–water partition coefficient (Wildman–Crippen LogP) is 9.21. The monoisotopic (exact) mass is 627 g/mol. The van der Waals surface area contributed by atoms with Crippen molar-refractivity contribution in [3.8, 4) is 11.1 Å². The number of hydrogen-bond donors (Lipinski definition) is 0. The van der Waals surface area contributed by atoms with E-state index < -0.39 is 0 Å². The molecule has 0 spiro atoms. The van der Waals surface area contributed by atoms with E-state index in [1.54, 1.807) is 0 Å². The van der Waals surface area contributed by atoms with Crippen LogP contribution in [0.5, 0.6) is 0 Å². The summed E-state index contributed by atoms with van der Waals surface area (Å²) < 4.78 is 0.785. The van der Waals surface area contributed by atoms with Crippen LogP contribution in [0.1, 0.15) is 49.4 Å². The van der Waals surface area contributed by atoms with E-state index in [1.165, 1.54) is 10.5 Å². The van der Waals surface area contributed by atoms with Gasteiger partial charge in [-0.15, -0.1) is 0 Å². The Kier molecular flexibility index (Phi) is 8.34. The van der Waals surface area contributed by atoms with Crippen molar-refractivity contribution in [1.29, 1.82) is 0 Å². The van der Waals surface area contributed by atoms with Crippen molar-refractivity contribution in [2.75, 3.05) is 34.2 Å². The Morgan fingerprint density at radius 1 is 0.500 bits per heavy atom. The van der Waals surface area contributed by atoms with Crippen molar-refractivity contribution in [3.63, 3.8) is 0 Å². The standard InChI is InChI=1S/C44H39N2O2/c1-46(2,3)30-14-29-45-43(47)38-22-13-21-37-36(27-28-39(42(37)38)44(45)48)31-23-25-35(26-24-31)41(34-19-11-6-12-20-34)40(32-15-7-4-8-16-32)33-17-9-5-10-18-33/h4-13,15-28H,14,29-30H2,1-3H3/q+1. The third-order valence-electron chi connectivity index (χ3n) is 9.12. The van der Waals surface area contributed by atoms with Gasteiger partial charge in [0.1, 0.15) is 0 Å². The Labute approximate surface area is 282 Å². The molecule has 0 aromatic heterocycles. The van der Waals surface area contributed by atoms with Crippen molar-refractivity contribution in [3.05, 3.63) is 179 Å². The Morgan fingerprint density at radius 3 is 1.46 bits per heavy atom. The first kappa shape index (κ1) is 31.0. The third-order valence-corrected chi connectivity index (χ3v) is 9.12. The lowest BCUT2D eigenvalue weighted by Crippen LogP contribution is -2.43. The number of hydrogen-bond acceptors (Lipinski definition) is 2. The molecular weight excluding hydrogens is 588 g/mol. The second-order valence-corrected chi connectivity index (χ2v) is 13.4. The number of carbonyl (C=O) groups excluding carboxylic acids is 2. The first-order chi connectivity index (χ1) is 23.3. The largest absolute Gasteiger partial charge is 0.331 e. The maximum absolute atomic E-state index is 13.7. The smallest absolute Gasteiger partial charge is 0.261 e. The van der Waals surface area contributed by atoms with Crippen LogP contribution in [0.2, 0.25) is 0 Å². The van der Waals surface area contributed by atoms with Gasteiger partial charge in [-0.25, -0.2) is 0 Å². The summed E-state index contributed by atoms with van der Waals surface area (Å²) in [6, 6.07) is 50.1. The van der Waals surface area contributed by atoms with E-state index in [9.17, 15) is 9.59 Å². The van der Waals surface area contributed by atoms with Gasteiger partial charge < -0.3 is 4.48 Å². The molecule has 0 saturated heterocycles. The molecule has 4 nitrogen and oxygen atoms in total. The molecule has 7 rings (SSSR count). The van der Waals surface area contributed by atoms with Gasteiger partial charge in [0.25, 0.3) is 11.8 Å². The summed E-state index contributed by atoms with van der Waals surface area (Å²) in [7, 11) is 6.36. The molecule has 1 aliphatic heterocycles. The predicted molar refractivity (Wildman–Crippen MR) is 197 cm³/mol. The fourth-order valence-corrected chi connectivity index (χ4v) is 6.85. The summed E-state index contributed by atoms with van der Waals surface area (Å²) in [6.07, 6.45) is 0.756. The quantitative estimate of drug-likeness (QED) is 0.0911. The molecule has 1 aliphatic rings. The van der Waals surface area contributed by atoms with Gasteiger partial charge in [0, 0.05) is 29.5 Å². The van der Waals surface area contributed by atoms with E-state index in [4.69, 9.17) is 0 Å². The zero-order valence-corrected chi connectivity index (χ0v) is 27.7. The number of quaternary nitrogens is 1. The third kappa shape index (κ3) is 5.99. The topological polar surface area (TPSA) is 37.4 Å². The van der Waals surface area contributed by atoms with E-state index in [0.717, 1.165) is 67.2 Å². The van der Waals surface area contributed by atoms with Crippen molar-refractivity contribution < 1.29 is 14.1 Å². The number of nitrogens with zero attached hydrogens (tertiary/aromatic N) is 2. The van der Waals surface area contributed by atoms with Gasteiger partial charge in [0.05, 0.1) is 27.7 Å². The molecule has 0 radical (unpaired) electrons. The van der Waals surface area contributed by atoms with Gasteiger partial charge >= 0.3 is 0 Å². The molecule has 0 atom stereocenters. The summed E-state index contributed by atoms with van der Waals surface area (Å²) in [6.45, 7) is 1.29. The minimum atomic E-state index is -0.209. The van der Waals surface area contributed by atoms with Gasteiger partial charge in [-0.1, -0.05) is 133 Å². The zero-order valence-electron chi connectivity index (χ0n) is 27.7. The molecule has 0 N–H and O–H groups in total. The summed E-state index contributed by atoms with van der Waals surface area (Å²) in [5.41, 5.74) is 10.1. The molecule has 6 aromatic carbocycles. The normalized spacial score (nSPS) is 12.8. The lowest BCUT2D eigenvalue weighted by atomic mass is 9.85. The molecule has 6 aromatic rings. The highest BCUT2D eigenvalue weighted by atomic mass is 16.2. The van der Waals surface area contributed by atoms with E-state index in [-0.39, 0.29) is 11.8 Å². The number of benzene rings is 6. The summed E-state index contributed by atoms with van der Waals surface area (Å²) in [5.74, 6) is -0.419. The minimum absolute atomic E-state index is 0.209. The Hall–Kier alpha value is -5.58. The van der Waals surface area contributed by atoms with Crippen LogP contribution in [-0.2, 0) is 0 Å². The number of carbonyl (C=O) groups is 2. The maximum Gasteiger partial charge on any atom is 0.261 e. The molecule has 0 unspecified atom stereocenters. The molecule has 236 valence electrons. The van der Waals surface area contributed by atoms with Gasteiger partial charge in [0.2, 0.25) is 0 Å². The molecule has 0 aliphatic carbocycles. The van der Waals surface area contributed by atoms with Crippen LogP contribution in [-0.4, -0.2) is 55.4 Å². The van der Waals surface area contributed by atoms with Crippen molar-refractivity contribution >= 4 is 33.7 Å². The molecule has 0 fully saturated rings. The molecule has 0 bridgehead atoms. The summed E-state index contributed by atoms with van der Waals surface area (Å²) in [4.78, 5) is 28.8. The van der Waals surface area contributed by atoms with E-state index in [1.807, 2.05) is 48.5 Å². The van der Waals surface area contributed by atoms with E-state index in [0.29, 0.717) is 17.7 Å². The van der Waals surface area contributed by atoms with Crippen LogP contribution in [0, 0.1) is 0 Å². The summed E-state index contributed by atoms with van der Waals surface area (Å²) >= 11 is 0. The van der Waals surface area contributed by atoms with Gasteiger partial charge in [-0.2, -0.15) is 0 Å². The average molecular weight is 628 g/mol. The van der Waals surface area contributed by atoms with Crippen LogP contribution in [0.25, 0.3) is 33.0 Å². The van der Waals surface area contributed by atoms with Crippen LogP contribution >= 0.6 is 0 Å². The highest BCUT2D eigenvalue weighted by molar-refractivity contribution is 6.27. The van der Waals surface area contributed by atoms with Crippen LogP contribution in [0.15, 0.2) is 146 Å². The fraction of sp³-hybridized carbons (Fsp3) is 0.136. The highest BCUT2D eigenvalue weighted by Gasteiger charge is 2.33.